The Morgan fingerprint density at radius 3 is 2.63 bits per heavy atom. The van der Waals surface area contributed by atoms with Gasteiger partial charge >= 0.3 is 0 Å². The summed E-state index contributed by atoms with van der Waals surface area (Å²) in [6, 6.07) is 3.93. The van der Waals surface area contributed by atoms with Gasteiger partial charge in [-0.05, 0) is 38.1 Å². The lowest BCUT2D eigenvalue weighted by Crippen LogP contribution is -2.33. The number of hydrogen-bond acceptors (Lipinski definition) is 8. The highest BCUT2D eigenvalue weighted by atomic mass is 16.5. The lowest BCUT2D eigenvalue weighted by molar-refractivity contribution is 0.178. The summed E-state index contributed by atoms with van der Waals surface area (Å²) in [7, 11) is 3.97. The summed E-state index contributed by atoms with van der Waals surface area (Å²) >= 11 is 0. The van der Waals surface area contributed by atoms with Gasteiger partial charge < -0.3 is 9.42 Å². The van der Waals surface area contributed by atoms with E-state index in [1.807, 2.05) is 35.6 Å². The van der Waals surface area contributed by atoms with Gasteiger partial charge in [0.25, 0.3) is 0 Å². The number of likely N-dealkylation sites (tertiary alicyclic amines) is 1. The number of anilines is 1. The average molecular weight is 370 g/mol. The highest BCUT2D eigenvalue weighted by Crippen LogP contribution is 2.28. The van der Waals surface area contributed by atoms with E-state index in [9.17, 15) is 0 Å². The first-order valence-electron chi connectivity index (χ1n) is 9.46. The molecule has 0 atom stereocenters. The Kier molecular flexibility index (Phi) is 4.77. The Morgan fingerprint density at radius 2 is 1.96 bits per heavy atom. The van der Waals surface area contributed by atoms with Crippen LogP contribution in [0.2, 0.25) is 0 Å². The minimum Gasteiger partial charge on any atom is -0.361 e. The van der Waals surface area contributed by atoms with E-state index in [0.29, 0.717) is 18.4 Å². The molecule has 27 heavy (non-hydrogen) atoms. The first kappa shape index (κ1) is 17.8. The molecule has 9 nitrogen and oxygen atoms in total. The van der Waals surface area contributed by atoms with E-state index in [4.69, 9.17) is 4.52 Å². The second-order valence-electron chi connectivity index (χ2n) is 7.67. The van der Waals surface area contributed by atoms with Crippen LogP contribution in [0, 0.1) is 0 Å². The Bertz CT molecular complexity index is 907. The van der Waals surface area contributed by atoms with Crippen molar-refractivity contribution in [3.05, 3.63) is 29.7 Å². The van der Waals surface area contributed by atoms with Crippen LogP contribution in [-0.4, -0.2) is 62.0 Å². The van der Waals surface area contributed by atoms with Gasteiger partial charge in [0.15, 0.2) is 17.3 Å². The molecule has 144 valence electrons. The van der Waals surface area contributed by atoms with Crippen LogP contribution in [0.4, 0.5) is 5.82 Å². The van der Waals surface area contributed by atoms with E-state index in [1.54, 1.807) is 0 Å². The van der Waals surface area contributed by atoms with Gasteiger partial charge in [-0.25, -0.2) is 0 Å². The number of nitrogens with zero attached hydrogens (tertiary/aromatic N) is 8. The molecule has 0 saturated carbocycles. The van der Waals surface area contributed by atoms with Crippen molar-refractivity contribution in [3.8, 4) is 0 Å². The van der Waals surface area contributed by atoms with E-state index in [-0.39, 0.29) is 5.92 Å². The number of aromatic nitrogens is 6. The maximum Gasteiger partial charge on any atom is 0.240 e. The molecule has 3 aromatic heterocycles. The van der Waals surface area contributed by atoms with Crippen LogP contribution in [0.25, 0.3) is 5.65 Å². The van der Waals surface area contributed by atoms with E-state index < -0.39 is 0 Å². The minimum absolute atomic E-state index is 0.286. The fraction of sp³-hybridized carbons (Fsp3) is 0.611. The predicted molar refractivity (Wildman–Crippen MR) is 101 cm³/mol. The third-order valence-electron chi connectivity index (χ3n) is 5.04. The van der Waals surface area contributed by atoms with Gasteiger partial charge in [-0.15, -0.1) is 15.3 Å². The molecule has 0 spiro atoms. The standard InChI is InChI=1S/C18H26N8O/c1-12(2)17-19-16(27-23-17)11-25-9-7-13(8-10-25)18-21-20-14-5-6-15(24(3)4)22-26(14)18/h5-6,12-13H,7-11H2,1-4H3. The fourth-order valence-electron chi connectivity index (χ4n) is 3.40. The van der Waals surface area contributed by atoms with Crippen molar-refractivity contribution in [1.29, 1.82) is 0 Å². The molecule has 4 rings (SSSR count). The quantitative estimate of drug-likeness (QED) is 0.674. The minimum atomic E-state index is 0.286. The third-order valence-corrected chi connectivity index (χ3v) is 5.04. The second kappa shape index (κ2) is 7.22. The van der Waals surface area contributed by atoms with Crippen molar-refractivity contribution in [2.24, 2.45) is 0 Å². The summed E-state index contributed by atoms with van der Waals surface area (Å²) < 4.78 is 7.27. The summed E-state index contributed by atoms with van der Waals surface area (Å²) in [6.45, 7) is 6.77. The largest absolute Gasteiger partial charge is 0.361 e. The molecule has 0 aromatic carbocycles. The molecule has 0 unspecified atom stereocenters. The van der Waals surface area contributed by atoms with E-state index in [2.05, 4.69) is 44.2 Å². The summed E-state index contributed by atoms with van der Waals surface area (Å²) in [5.41, 5.74) is 0.796. The molecule has 1 aliphatic heterocycles. The average Bonchev–Trinajstić information content (AvgIpc) is 3.29. The number of hydrogen-bond donors (Lipinski definition) is 0. The van der Waals surface area contributed by atoms with Crippen LogP contribution in [0.5, 0.6) is 0 Å². The number of rotatable bonds is 5. The normalized spacial score (nSPS) is 16.5. The first-order chi connectivity index (χ1) is 13.0. The smallest absolute Gasteiger partial charge is 0.240 e. The summed E-state index contributed by atoms with van der Waals surface area (Å²) in [5, 5.41) is 17.4. The van der Waals surface area contributed by atoms with Gasteiger partial charge in [-0.1, -0.05) is 19.0 Å². The van der Waals surface area contributed by atoms with Crippen molar-refractivity contribution in [3.63, 3.8) is 0 Å². The van der Waals surface area contributed by atoms with Crippen LogP contribution < -0.4 is 4.90 Å². The molecule has 1 fully saturated rings. The van der Waals surface area contributed by atoms with Crippen molar-refractivity contribution in [2.75, 3.05) is 32.1 Å². The maximum absolute atomic E-state index is 5.38. The van der Waals surface area contributed by atoms with Crippen LogP contribution in [0.1, 0.15) is 56.1 Å². The van der Waals surface area contributed by atoms with Crippen molar-refractivity contribution >= 4 is 11.5 Å². The summed E-state index contributed by atoms with van der Waals surface area (Å²) in [4.78, 5) is 8.82. The Balaban J connectivity index is 1.43. The molecule has 1 saturated heterocycles. The highest BCUT2D eigenvalue weighted by molar-refractivity contribution is 5.45. The lowest BCUT2D eigenvalue weighted by Gasteiger charge is -2.29. The van der Waals surface area contributed by atoms with Crippen molar-refractivity contribution in [2.45, 2.75) is 45.1 Å². The molecule has 0 amide bonds. The molecule has 3 aromatic rings. The zero-order valence-corrected chi connectivity index (χ0v) is 16.3. The van der Waals surface area contributed by atoms with E-state index >= 15 is 0 Å². The molecular formula is C18H26N8O. The van der Waals surface area contributed by atoms with E-state index in [0.717, 1.165) is 49.0 Å². The maximum atomic E-state index is 5.38. The number of piperidine rings is 1. The zero-order valence-electron chi connectivity index (χ0n) is 16.3. The molecule has 0 bridgehead atoms. The first-order valence-corrected chi connectivity index (χ1v) is 9.46. The Labute approximate surface area is 158 Å². The predicted octanol–water partition coefficient (Wildman–Crippen LogP) is 2.08. The van der Waals surface area contributed by atoms with Crippen LogP contribution in [-0.2, 0) is 6.54 Å². The van der Waals surface area contributed by atoms with Crippen LogP contribution >= 0.6 is 0 Å². The highest BCUT2D eigenvalue weighted by Gasteiger charge is 2.26. The Hall–Kier alpha value is -2.55. The van der Waals surface area contributed by atoms with Gasteiger partial charge in [0.1, 0.15) is 5.82 Å². The van der Waals surface area contributed by atoms with Crippen molar-refractivity contribution < 1.29 is 4.52 Å². The molecule has 4 heterocycles. The van der Waals surface area contributed by atoms with Gasteiger partial charge in [0.2, 0.25) is 5.89 Å². The lowest BCUT2D eigenvalue weighted by atomic mass is 9.96. The van der Waals surface area contributed by atoms with Gasteiger partial charge in [-0.3, -0.25) is 4.90 Å². The second-order valence-corrected chi connectivity index (χ2v) is 7.67. The van der Waals surface area contributed by atoms with Crippen LogP contribution in [0.15, 0.2) is 16.7 Å². The van der Waals surface area contributed by atoms with Gasteiger partial charge in [0.05, 0.1) is 6.54 Å². The number of fused-ring (bicyclic) bond motifs is 1. The zero-order chi connectivity index (χ0) is 19.0. The third kappa shape index (κ3) is 3.64. The summed E-state index contributed by atoms with van der Waals surface area (Å²) in [6.07, 6.45) is 2.03. The molecule has 0 N–H and O–H groups in total. The van der Waals surface area contributed by atoms with Crippen LogP contribution in [0.3, 0.4) is 0 Å². The van der Waals surface area contributed by atoms with Gasteiger partial charge in [-0.2, -0.15) is 9.50 Å². The Morgan fingerprint density at radius 1 is 1.19 bits per heavy atom. The molecule has 9 heteroatoms. The van der Waals surface area contributed by atoms with E-state index in [1.165, 1.54) is 0 Å². The monoisotopic (exact) mass is 370 g/mol. The SMILES string of the molecule is CC(C)c1noc(CN2CCC(c3nnc4ccc(N(C)C)nn34)CC2)n1. The topological polar surface area (TPSA) is 88.5 Å². The molecule has 0 radical (unpaired) electrons. The summed E-state index contributed by atoms with van der Waals surface area (Å²) in [5.74, 6) is 3.97. The molecule has 1 aliphatic rings. The van der Waals surface area contributed by atoms with Gasteiger partial charge in [0, 0.05) is 25.9 Å². The molecular weight excluding hydrogens is 344 g/mol. The van der Waals surface area contributed by atoms with Crippen molar-refractivity contribution in [1.82, 2.24) is 34.9 Å². The molecule has 0 aliphatic carbocycles. The fourth-order valence-corrected chi connectivity index (χ4v) is 3.40.